The second-order valence-electron chi connectivity index (χ2n) is 12.5. The summed E-state index contributed by atoms with van der Waals surface area (Å²) < 4.78 is 30.4. The molecule has 2 aliphatic heterocycles. The van der Waals surface area contributed by atoms with Gasteiger partial charge in [-0.3, -0.25) is 19.1 Å². The van der Waals surface area contributed by atoms with Gasteiger partial charge in [0.05, 0.1) is 17.0 Å². The van der Waals surface area contributed by atoms with Crippen molar-refractivity contribution in [2.75, 3.05) is 16.8 Å². The zero-order valence-corrected chi connectivity index (χ0v) is 27.6. The van der Waals surface area contributed by atoms with Crippen molar-refractivity contribution in [1.82, 2.24) is 29.6 Å². The predicted molar refractivity (Wildman–Crippen MR) is 171 cm³/mol. The number of aromatic nitrogens is 5. The molecule has 5 heterocycles. The highest BCUT2D eigenvalue weighted by Crippen LogP contribution is 2.59. The minimum Gasteiger partial charge on any atom is -0.458 e. The highest BCUT2D eigenvalue weighted by Gasteiger charge is 2.64. The van der Waals surface area contributed by atoms with Crippen LogP contribution in [0.4, 0.5) is 5.82 Å². The minimum absolute atomic E-state index is 0.0475. The van der Waals surface area contributed by atoms with Gasteiger partial charge < -0.3 is 15.0 Å². The molecule has 1 aromatic carbocycles. The number of carbonyl (C=O) groups is 3. The van der Waals surface area contributed by atoms with E-state index in [2.05, 4.69) is 48.2 Å². The van der Waals surface area contributed by atoms with Gasteiger partial charge in [-0.05, 0) is 70.4 Å². The number of aryl methyl sites for hydroxylation is 1. The molecule has 1 saturated carbocycles. The van der Waals surface area contributed by atoms with Gasteiger partial charge in [0, 0.05) is 36.3 Å². The third kappa shape index (κ3) is 5.55. The van der Waals surface area contributed by atoms with Crippen molar-refractivity contribution < 1.29 is 27.5 Å². The van der Waals surface area contributed by atoms with Crippen LogP contribution in [-0.2, 0) is 26.0 Å². The van der Waals surface area contributed by atoms with Gasteiger partial charge >= 0.3 is 6.01 Å². The molecular weight excluding hydrogens is 678 g/mol. The molecule has 3 aromatic heterocycles. The maximum Gasteiger partial charge on any atom is 0.316 e. The lowest BCUT2D eigenvalue weighted by Crippen LogP contribution is -2.47. The number of hydrogen-bond acceptors (Lipinski definition) is 10. The van der Waals surface area contributed by atoms with Gasteiger partial charge in [0.25, 0.3) is 0 Å². The van der Waals surface area contributed by atoms with E-state index in [4.69, 9.17) is 4.74 Å². The summed E-state index contributed by atoms with van der Waals surface area (Å²) in [7, 11) is -3.03. The minimum atomic E-state index is -3.03. The van der Waals surface area contributed by atoms with Crippen molar-refractivity contribution in [1.29, 1.82) is 0 Å². The van der Waals surface area contributed by atoms with E-state index in [1.54, 1.807) is 35.5 Å². The SMILES string of the molecule is CC(=O)c1nn(CC(=O)N2C3C[C@]3(C)C[C@H]2C(=O)Nc2nc(Br)ccc2C)c2ccc(-c3cnc(OC4CS(=O)(=O)C4)nc3)cc12. The van der Waals surface area contributed by atoms with Gasteiger partial charge in [0.15, 0.2) is 15.6 Å². The zero-order valence-electron chi connectivity index (χ0n) is 25.2. The van der Waals surface area contributed by atoms with Crippen molar-refractivity contribution in [3.63, 3.8) is 0 Å². The molecule has 3 aliphatic rings. The normalized spacial score (nSPS) is 23.1. The third-order valence-corrected chi connectivity index (χ3v) is 11.2. The average molecular weight is 709 g/mol. The van der Waals surface area contributed by atoms with Crippen LogP contribution in [-0.4, -0.2) is 85.3 Å². The van der Waals surface area contributed by atoms with E-state index in [-0.39, 0.29) is 58.8 Å². The molecule has 3 atom stereocenters. The number of pyridine rings is 1. The summed E-state index contributed by atoms with van der Waals surface area (Å²) in [6, 6.07) is 8.45. The van der Waals surface area contributed by atoms with Crippen molar-refractivity contribution in [3.05, 3.63) is 58.6 Å². The molecule has 2 saturated heterocycles. The van der Waals surface area contributed by atoms with Gasteiger partial charge in [0.2, 0.25) is 11.8 Å². The van der Waals surface area contributed by atoms with Crippen LogP contribution in [0.25, 0.3) is 22.0 Å². The number of likely N-dealkylation sites (tertiary alicyclic amines) is 1. The first-order valence-electron chi connectivity index (χ1n) is 14.8. The van der Waals surface area contributed by atoms with E-state index in [0.29, 0.717) is 33.3 Å². The number of piperidine rings is 1. The maximum atomic E-state index is 13.9. The van der Waals surface area contributed by atoms with E-state index in [1.807, 2.05) is 19.1 Å². The van der Waals surface area contributed by atoms with Gasteiger partial charge in [-0.15, -0.1) is 0 Å². The number of amides is 2. The van der Waals surface area contributed by atoms with Crippen molar-refractivity contribution in [2.24, 2.45) is 5.41 Å². The maximum absolute atomic E-state index is 13.9. The van der Waals surface area contributed by atoms with E-state index >= 15 is 0 Å². The number of rotatable bonds is 8. The second kappa shape index (κ2) is 10.9. The van der Waals surface area contributed by atoms with Gasteiger partial charge in [0.1, 0.15) is 34.8 Å². The lowest BCUT2D eigenvalue weighted by atomic mass is 10.0. The number of sulfone groups is 1. The largest absolute Gasteiger partial charge is 0.458 e. The second-order valence-corrected chi connectivity index (χ2v) is 15.5. The number of hydrogen-bond donors (Lipinski definition) is 1. The van der Waals surface area contributed by atoms with Gasteiger partial charge in [-0.1, -0.05) is 19.1 Å². The number of ether oxygens (including phenoxy) is 1. The van der Waals surface area contributed by atoms with Crippen LogP contribution in [0.5, 0.6) is 6.01 Å². The molecule has 15 heteroatoms. The third-order valence-electron chi connectivity index (χ3n) is 9.01. The van der Waals surface area contributed by atoms with Gasteiger partial charge in [-0.2, -0.15) is 5.10 Å². The monoisotopic (exact) mass is 707 g/mol. The molecule has 0 radical (unpaired) electrons. The fourth-order valence-electron chi connectivity index (χ4n) is 6.40. The molecule has 0 spiro atoms. The van der Waals surface area contributed by atoms with E-state index in [1.165, 1.54) is 11.6 Å². The summed E-state index contributed by atoms with van der Waals surface area (Å²) in [6.07, 6.45) is 4.05. The summed E-state index contributed by atoms with van der Waals surface area (Å²) >= 11 is 3.35. The van der Waals surface area contributed by atoms with Gasteiger partial charge in [-0.25, -0.2) is 23.4 Å². The Morgan fingerprint density at radius 1 is 1.09 bits per heavy atom. The Labute approximate surface area is 272 Å². The molecule has 1 aliphatic carbocycles. The van der Waals surface area contributed by atoms with E-state index in [9.17, 15) is 22.8 Å². The molecule has 7 rings (SSSR count). The lowest BCUT2D eigenvalue weighted by molar-refractivity contribution is -0.138. The number of carbonyl (C=O) groups excluding carboxylic acids is 3. The highest BCUT2D eigenvalue weighted by molar-refractivity contribution is 9.10. The molecule has 1 unspecified atom stereocenters. The first kappa shape index (κ1) is 30.4. The number of nitrogens with one attached hydrogen (secondary N) is 1. The number of nitrogens with zero attached hydrogens (tertiary/aromatic N) is 6. The van der Waals surface area contributed by atoms with Crippen LogP contribution in [0.15, 0.2) is 47.3 Å². The Kier molecular flexibility index (Phi) is 7.23. The number of Topliss-reactive ketones (excluding diaryl/α,β-unsaturated/α-hetero) is 1. The van der Waals surface area contributed by atoms with Crippen LogP contribution in [0.3, 0.4) is 0 Å². The van der Waals surface area contributed by atoms with E-state index in [0.717, 1.165) is 17.5 Å². The summed E-state index contributed by atoms with van der Waals surface area (Å²) in [6.45, 7) is 5.23. The molecule has 238 valence electrons. The Hall–Kier alpha value is -4.24. The van der Waals surface area contributed by atoms with Crippen LogP contribution < -0.4 is 10.1 Å². The molecule has 1 N–H and O–H groups in total. The fourth-order valence-corrected chi connectivity index (χ4v) is 7.88. The van der Waals surface area contributed by atoms with Crippen LogP contribution in [0.1, 0.15) is 42.7 Å². The molecule has 0 bridgehead atoms. The molecular formula is C31H30BrN7O6S. The summed E-state index contributed by atoms with van der Waals surface area (Å²) in [5.41, 5.74) is 2.89. The van der Waals surface area contributed by atoms with Crippen molar-refractivity contribution in [3.8, 4) is 17.1 Å². The molecule has 4 aromatic rings. The summed E-state index contributed by atoms with van der Waals surface area (Å²) in [5, 5.41) is 8.01. The Morgan fingerprint density at radius 3 is 2.52 bits per heavy atom. The highest BCUT2D eigenvalue weighted by atomic mass is 79.9. The van der Waals surface area contributed by atoms with Crippen LogP contribution in [0, 0.1) is 12.3 Å². The Bertz CT molecular complexity index is 2040. The zero-order chi connectivity index (χ0) is 32.5. The van der Waals surface area contributed by atoms with Crippen LogP contribution in [0.2, 0.25) is 0 Å². The number of ketones is 1. The van der Waals surface area contributed by atoms with E-state index < -0.39 is 22.0 Å². The molecule has 2 amide bonds. The molecule has 13 nitrogen and oxygen atoms in total. The number of anilines is 1. The fraction of sp³-hybridized carbons (Fsp3) is 0.387. The number of halogens is 1. The predicted octanol–water partition coefficient (Wildman–Crippen LogP) is 3.36. The summed E-state index contributed by atoms with van der Waals surface area (Å²) in [5.74, 6) is -0.455. The summed E-state index contributed by atoms with van der Waals surface area (Å²) in [4.78, 5) is 54.5. The topological polar surface area (TPSA) is 166 Å². The Balaban J connectivity index is 1.12. The first-order chi connectivity index (χ1) is 21.8. The van der Waals surface area contributed by atoms with Crippen molar-refractivity contribution in [2.45, 2.75) is 58.3 Å². The van der Waals surface area contributed by atoms with Crippen LogP contribution >= 0.6 is 15.9 Å². The Morgan fingerprint density at radius 2 is 1.83 bits per heavy atom. The quantitative estimate of drug-likeness (QED) is 0.212. The molecule has 46 heavy (non-hydrogen) atoms. The number of fused-ring (bicyclic) bond motifs is 2. The van der Waals surface area contributed by atoms with Crippen molar-refractivity contribution >= 4 is 60.1 Å². The lowest BCUT2D eigenvalue weighted by Gasteiger charge is -2.27. The first-order valence-corrected chi connectivity index (χ1v) is 17.4. The average Bonchev–Trinajstić information content (AvgIpc) is 3.35. The molecule has 3 fully saturated rings. The standard InChI is InChI=1S/C31H30BrN7O6S/c1-16-4-7-25(32)35-28(16)36-29(42)23-9-31(3)10-24(31)39(23)26(41)13-38-22-6-5-18(8-21(22)27(37-38)17(2)40)19-11-33-30(34-12-19)45-20-14-46(43,44)15-20/h4-8,11-12,20,23-24H,9-10,13-15H2,1-3H3,(H,35,36,42)/t23-,24?,31-/m0/s1. The smallest absolute Gasteiger partial charge is 0.316 e. The number of benzene rings is 1.